The number of benzene rings is 1. The van der Waals surface area contributed by atoms with Gasteiger partial charge >= 0.3 is 0 Å². The molecule has 0 aliphatic carbocycles. The van der Waals surface area contributed by atoms with Gasteiger partial charge in [0.25, 0.3) is 0 Å². The highest BCUT2D eigenvalue weighted by atomic mass is 127. The summed E-state index contributed by atoms with van der Waals surface area (Å²) in [4.78, 5) is 4.40. The van der Waals surface area contributed by atoms with Crippen LogP contribution in [0.3, 0.4) is 0 Å². The van der Waals surface area contributed by atoms with E-state index < -0.39 is 0 Å². The maximum absolute atomic E-state index is 5.66. The van der Waals surface area contributed by atoms with E-state index >= 15 is 0 Å². The van der Waals surface area contributed by atoms with E-state index in [1.165, 1.54) is 11.1 Å². The monoisotopic (exact) mass is 512 g/mol. The molecule has 0 bridgehead atoms. The Bertz CT molecular complexity index is 785. The Labute approximate surface area is 190 Å². The quantitative estimate of drug-likeness (QED) is 0.339. The highest BCUT2D eigenvalue weighted by molar-refractivity contribution is 14.0. The molecule has 7 nitrogen and oxygen atoms in total. The summed E-state index contributed by atoms with van der Waals surface area (Å²) in [5.41, 5.74) is 2.83. The molecule has 2 N–H and O–H groups in total. The van der Waals surface area contributed by atoms with Gasteiger partial charge in [-0.3, -0.25) is 4.99 Å². The molecule has 1 aromatic carbocycles. The number of hydrogen-bond donors (Lipinski definition) is 2. The molecule has 0 amide bonds. The molecular weight excluding hydrogens is 479 g/mol. The summed E-state index contributed by atoms with van der Waals surface area (Å²) in [6.45, 7) is 8.31. The molecule has 0 saturated carbocycles. The maximum Gasteiger partial charge on any atom is 0.191 e. The first-order chi connectivity index (χ1) is 13.7. The van der Waals surface area contributed by atoms with E-state index in [1.807, 2.05) is 7.05 Å². The van der Waals surface area contributed by atoms with Crippen molar-refractivity contribution < 1.29 is 4.74 Å². The van der Waals surface area contributed by atoms with Crippen molar-refractivity contribution in [3.05, 3.63) is 47.5 Å². The van der Waals surface area contributed by atoms with E-state index in [0.29, 0.717) is 0 Å². The van der Waals surface area contributed by atoms with E-state index in [9.17, 15) is 0 Å². The molecule has 1 saturated heterocycles. The Balaban J connectivity index is 0.00000300. The van der Waals surface area contributed by atoms with Crippen molar-refractivity contribution >= 4 is 29.9 Å². The summed E-state index contributed by atoms with van der Waals surface area (Å²) in [5.74, 6) is 1.83. The number of rotatable bonds is 7. The Morgan fingerprint density at radius 2 is 2.00 bits per heavy atom. The second-order valence-corrected chi connectivity index (χ2v) is 7.35. The standard InChI is InChI=1S/C21H32N6O.HI/c1-4-19-26-25-16-27(19)12-11-23-20(22-3)24-15-21(9-13-28-14-10-21)18-8-6-5-7-17(18)2;/h5-8,16H,4,9-15H2,1-3H3,(H2,22,23,24);1H. The Hall–Kier alpha value is -1.68. The van der Waals surface area contributed by atoms with Gasteiger partial charge in [-0.25, -0.2) is 0 Å². The van der Waals surface area contributed by atoms with Gasteiger partial charge in [-0.2, -0.15) is 0 Å². The number of nitrogens with one attached hydrogen (secondary N) is 2. The number of aryl methyl sites for hydroxylation is 2. The van der Waals surface area contributed by atoms with Crippen molar-refractivity contribution in [2.24, 2.45) is 4.99 Å². The minimum Gasteiger partial charge on any atom is -0.381 e. The van der Waals surface area contributed by atoms with E-state index in [2.05, 4.69) is 68.5 Å². The van der Waals surface area contributed by atoms with Crippen LogP contribution >= 0.6 is 24.0 Å². The van der Waals surface area contributed by atoms with Gasteiger partial charge in [0.1, 0.15) is 12.2 Å². The number of nitrogens with zero attached hydrogens (tertiary/aromatic N) is 4. The van der Waals surface area contributed by atoms with Crippen LogP contribution in [0.15, 0.2) is 35.6 Å². The number of hydrogen-bond acceptors (Lipinski definition) is 4. The Kier molecular flexibility index (Phi) is 9.35. The fraction of sp³-hybridized carbons (Fsp3) is 0.571. The first kappa shape index (κ1) is 23.6. The first-order valence-electron chi connectivity index (χ1n) is 10.1. The van der Waals surface area contributed by atoms with Gasteiger partial charge in [-0.15, -0.1) is 34.2 Å². The third kappa shape index (κ3) is 5.91. The van der Waals surface area contributed by atoms with Gasteiger partial charge in [0.05, 0.1) is 0 Å². The van der Waals surface area contributed by atoms with Gasteiger partial charge in [0.2, 0.25) is 0 Å². The second-order valence-electron chi connectivity index (χ2n) is 7.35. The molecule has 1 aliphatic rings. The van der Waals surface area contributed by atoms with Crippen molar-refractivity contribution in [1.82, 2.24) is 25.4 Å². The summed E-state index contributed by atoms with van der Waals surface area (Å²) in [7, 11) is 1.82. The average Bonchev–Trinajstić information content (AvgIpc) is 3.19. The SMILES string of the molecule is CCc1nncn1CCNC(=NC)NCC1(c2ccccc2C)CCOCC1.I. The molecule has 0 spiro atoms. The maximum atomic E-state index is 5.66. The molecule has 8 heteroatoms. The summed E-state index contributed by atoms with van der Waals surface area (Å²) < 4.78 is 7.74. The number of halogens is 1. The zero-order chi connectivity index (χ0) is 19.8. The van der Waals surface area contributed by atoms with E-state index in [-0.39, 0.29) is 29.4 Å². The zero-order valence-electron chi connectivity index (χ0n) is 17.6. The largest absolute Gasteiger partial charge is 0.381 e. The highest BCUT2D eigenvalue weighted by Gasteiger charge is 2.35. The number of aromatic nitrogens is 3. The van der Waals surface area contributed by atoms with Crippen LogP contribution in [0, 0.1) is 6.92 Å². The van der Waals surface area contributed by atoms with Crippen molar-refractivity contribution in [2.75, 3.05) is 33.4 Å². The minimum atomic E-state index is 0. The lowest BCUT2D eigenvalue weighted by Gasteiger charge is -2.39. The lowest BCUT2D eigenvalue weighted by atomic mass is 9.72. The molecule has 2 aromatic rings. The molecule has 3 rings (SSSR count). The zero-order valence-corrected chi connectivity index (χ0v) is 20.0. The van der Waals surface area contributed by atoms with E-state index in [4.69, 9.17) is 4.74 Å². The molecule has 0 atom stereocenters. The van der Waals surface area contributed by atoms with Crippen LogP contribution in [-0.2, 0) is 23.1 Å². The Morgan fingerprint density at radius 1 is 1.24 bits per heavy atom. The van der Waals surface area contributed by atoms with Crippen molar-refractivity contribution in [3.8, 4) is 0 Å². The van der Waals surface area contributed by atoms with Crippen LogP contribution in [0.4, 0.5) is 0 Å². The lowest BCUT2D eigenvalue weighted by molar-refractivity contribution is 0.0512. The molecule has 0 radical (unpaired) electrons. The topological polar surface area (TPSA) is 76.4 Å². The van der Waals surface area contributed by atoms with Crippen molar-refractivity contribution in [1.29, 1.82) is 0 Å². The van der Waals surface area contributed by atoms with Crippen molar-refractivity contribution in [3.63, 3.8) is 0 Å². The third-order valence-electron chi connectivity index (χ3n) is 5.64. The lowest BCUT2D eigenvalue weighted by Crippen LogP contribution is -2.48. The van der Waals surface area contributed by atoms with Gasteiger partial charge in [-0.05, 0) is 30.9 Å². The number of ether oxygens (including phenoxy) is 1. The highest BCUT2D eigenvalue weighted by Crippen LogP contribution is 2.36. The fourth-order valence-corrected chi connectivity index (χ4v) is 3.98. The molecule has 1 aromatic heterocycles. The van der Waals surface area contributed by atoms with Gasteiger partial charge in [0.15, 0.2) is 5.96 Å². The molecule has 0 unspecified atom stereocenters. The average molecular weight is 512 g/mol. The molecule has 29 heavy (non-hydrogen) atoms. The third-order valence-corrected chi connectivity index (χ3v) is 5.64. The van der Waals surface area contributed by atoms with Crippen LogP contribution in [0.25, 0.3) is 0 Å². The van der Waals surface area contributed by atoms with Gasteiger partial charge < -0.3 is 19.9 Å². The van der Waals surface area contributed by atoms with E-state index in [0.717, 1.165) is 63.9 Å². The van der Waals surface area contributed by atoms with Crippen LogP contribution in [0.1, 0.15) is 36.7 Å². The minimum absolute atomic E-state index is 0. The molecule has 160 valence electrons. The molecule has 1 aliphatic heterocycles. The predicted molar refractivity (Wildman–Crippen MR) is 127 cm³/mol. The summed E-state index contributed by atoms with van der Waals surface area (Å²) in [6.07, 6.45) is 4.70. The molecular formula is C21H33IN6O. The normalized spacial score (nSPS) is 16.2. The van der Waals surface area contributed by atoms with E-state index in [1.54, 1.807) is 6.33 Å². The first-order valence-corrected chi connectivity index (χ1v) is 10.1. The van der Waals surface area contributed by atoms with Crippen LogP contribution in [-0.4, -0.2) is 54.1 Å². The smallest absolute Gasteiger partial charge is 0.191 e. The van der Waals surface area contributed by atoms with Crippen molar-refractivity contribution in [2.45, 2.75) is 45.1 Å². The molecule has 1 fully saturated rings. The summed E-state index contributed by atoms with van der Waals surface area (Å²) >= 11 is 0. The fourth-order valence-electron chi connectivity index (χ4n) is 3.98. The van der Waals surface area contributed by atoms with Crippen LogP contribution < -0.4 is 10.6 Å². The predicted octanol–water partition coefficient (Wildman–Crippen LogP) is 2.68. The van der Waals surface area contributed by atoms with Crippen LogP contribution in [0.5, 0.6) is 0 Å². The van der Waals surface area contributed by atoms with Gasteiger partial charge in [0, 0.05) is 51.7 Å². The summed E-state index contributed by atoms with van der Waals surface area (Å²) in [5, 5.41) is 15.1. The van der Waals surface area contributed by atoms with Gasteiger partial charge in [-0.1, -0.05) is 31.2 Å². The number of aliphatic imine (C=N–C) groups is 1. The summed E-state index contributed by atoms with van der Waals surface area (Å²) in [6, 6.07) is 8.70. The second kappa shape index (κ2) is 11.5. The Morgan fingerprint density at radius 3 is 2.69 bits per heavy atom. The van der Waals surface area contributed by atoms with Crippen LogP contribution in [0.2, 0.25) is 0 Å². The number of guanidine groups is 1. The molecule has 2 heterocycles.